The number of carbonyl (C=O) groups excluding carboxylic acids is 1. The first kappa shape index (κ1) is 20.9. The lowest BCUT2D eigenvalue weighted by Crippen LogP contribution is -2.60. The minimum absolute atomic E-state index is 0.0186. The monoisotopic (exact) mass is 457 g/mol. The molecule has 1 aromatic heterocycles. The molecule has 5 rings (SSSR count). The fraction of sp³-hybridized carbons (Fsp3) is 0.348. The summed E-state index contributed by atoms with van der Waals surface area (Å²) in [4.78, 5) is 21.2. The zero-order valence-corrected chi connectivity index (χ0v) is 18.1. The molecule has 0 atom stereocenters. The molecule has 0 bridgehead atoms. The normalized spacial score (nSPS) is 18.4. The maximum absolute atomic E-state index is 14.1. The Morgan fingerprint density at radius 2 is 1.69 bits per heavy atom. The molecule has 2 saturated heterocycles. The molecular formula is C23H22ClF2N5O. The number of hydrogen-bond donors (Lipinski definition) is 0. The Labute approximate surface area is 189 Å². The highest BCUT2D eigenvalue weighted by molar-refractivity contribution is 6.30. The Balaban J connectivity index is 1.35. The highest BCUT2D eigenvalue weighted by Gasteiger charge is 2.45. The summed E-state index contributed by atoms with van der Waals surface area (Å²) in [6.45, 7) is 1.35. The van der Waals surface area contributed by atoms with Crippen LogP contribution in [-0.4, -0.2) is 39.3 Å². The van der Waals surface area contributed by atoms with Gasteiger partial charge in [-0.3, -0.25) is 4.79 Å². The summed E-state index contributed by atoms with van der Waals surface area (Å²) in [5.41, 5.74) is 0.933. The molecule has 6 nitrogen and oxygen atoms in total. The summed E-state index contributed by atoms with van der Waals surface area (Å²) in [7, 11) is 0. The van der Waals surface area contributed by atoms with Crippen LogP contribution in [0.5, 0.6) is 0 Å². The number of rotatable bonds is 3. The van der Waals surface area contributed by atoms with Crippen molar-refractivity contribution in [2.75, 3.05) is 22.9 Å². The zero-order valence-electron chi connectivity index (χ0n) is 17.3. The number of carbonyl (C=O) groups is 1. The molecule has 2 aromatic carbocycles. The average molecular weight is 458 g/mol. The third-order valence-corrected chi connectivity index (χ3v) is 6.77. The second kappa shape index (κ2) is 8.16. The van der Waals surface area contributed by atoms with Crippen LogP contribution in [-0.2, 0) is 4.79 Å². The van der Waals surface area contributed by atoms with E-state index in [9.17, 15) is 13.6 Å². The third-order valence-electron chi connectivity index (χ3n) is 6.47. The molecule has 32 heavy (non-hydrogen) atoms. The number of aromatic nitrogens is 3. The molecule has 0 unspecified atom stereocenters. The van der Waals surface area contributed by atoms with Crippen LogP contribution in [0, 0.1) is 11.6 Å². The molecule has 166 valence electrons. The predicted molar refractivity (Wildman–Crippen MR) is 118 cm³/mol. The first-order valence-electron chi connectivity index (χ1n) is 10.7. The Morgan fingerprint density at radius 1 is 0.969 bits per heavy atom. The van der Waals surface area contributed by atoms with Crippen molar-refractivity contribution in [2.45, 2.75) is 37.6 Å². The van der Waals surface area contributed by atoms with Gasteiger partial charge in [-0.05, 0) is 68.1 Å². The van der Waals surface area contributed by atoms with Gasteiger partial charge in [0, 0.05) is 25.2 Å². The van der Waals surface area contributed by atoms with Gasteiger partial charge in [-0.2, -0.15) is 4.98 Å². The number of anilines is 2. The quantitative estimate of drug-likeness (QED) is 0.569. The Hall–Kier alpha value is -3.00. The van der Waals surface area contributed by atoms with E-state index in [0.29, 0.717) is 31.1 Å². The standard InChI is InChI=1S/C23H22ClF2N5O/c24-19-8-7-18(14-20(19)26)31-21(32)2-1-9-23(31)10-12-29(13-11-23)22-27-15-30(28-22)17-5-3-16(25)4-6-17/h3-8,14-15H,1-2,9-13H2. The van der Waals surface area contributed by atoms with Crippen molar-refractivity contribution in [3.63, 3.8) is 0 Å². The lowest BCUT2D eigenvalue weighted by atomic mass is 9.78. The Kier molecular flexibility index (Phi) is 5.33. The Morgan fingerprint density at radius 3 is 2.41 bits per heavy atom. The van der Waals surface area contributed by atoms with Gasteiger partial charge in [-0.15, -0.1) is 5.10 Å². The van der Waals surface area contributed by atoms with Crippen molar-refractivity contribution in [1.82, 2.24) is 14.8 Å². The van der Waals surface area contributed by atoms with E-state index in [0.717, 1.165) is 31.4 Å². The fourth-order valence-electron chi connectivity index (χ4n) is 4.81. The van der Waals surface area contributed by atoms with Gasteiger partial charge >= 0.3 is 0 Å². The maximum Gasteiger partial charge on any atom is 0.245 e. The number of benzene rings is 2. The zero-order chi connectivity index (χ0) is 22.3. The van der Waals surface area contributed by atoms with E-state index in [4.69, 9.17) is 11.6 Å². The van der Waals surface area contributed by atoms with Gasteiger partial charge in [-0.25, -0.2) is 13.5 Å². The molecule has 3 heterocycles. The molecule has 1 spiro atoms. The lowest BCUT2D eigenvalue weighted by Gasteiger charge is -2.51. The topological polar surface area (TPSA) is 54.3 Å². The molecule has 0 aliphatic carbocycles. The molecule has 0 saturated carbocycles. The van der Waals surface area contributed by atoms with Crippen molar-refractivity contribution < 1.29 is 13.6 Å². The van der Waals surface area contributed by atoms with Crippen LogP contribution < -0.4 is 9.80 Å². The average Bonchev–Trinajstić information content (AvgIpc) is 3.27. The van der Waals surface area contributed by atoms with E-state index in [1.54, 1.807) is 34.1 Å². The van der Waals surface area contributed by atoms with Gasteiger partial charge in [0.1, 0.15) is 18.0 Å². The van der Waals surface area contributed by atoms with Crippen LogP contribution in [0.1, 0.15) is 32.1 Å². The summed E-state index contributed by atoms with van der Waals surface area (Å²) in [5.74, 6) is -0.214. The summed E-state index contributed by atoms with van der Waals surface area (Å²) in [6.07, 6.45) is 5.22. The van der Waals surface area contributed by atoms with E-state index in [1.165, 1.54) is 24.3 Å². The van der Waals surface area contributed by atoms with Gasteiger partial charge < -0.3 is 9.80 Å². The van der Waals surface area contributed by atoms with Crippen LogP contribution in [0.15, 0.2) is 48.8 Å². The van der Waals surface area contributed by atoms with Crippen LogP contribution in [0.25, 0.3) is 5.69 Å². The van der Waals surface area contributed by atoms with Crippen LogP contribution >= 0.6 is 11.6 Å². The number of piperidine rings is 2. The van der Waals surface area contributed by atoms with Gasteiger partial charge in [-0.1, -0.05) is 11.6 Å². The van der Waals surface area contributed by atoms with Gasteiger partial charge in [0.15, 0.2) is 0 Å². The molecule has 1 amide bonds. The highest BCUT2D eigenvalue weighted by atomic mass is 35.5. The molecule has 2 aliphatic rings. The number of hydrogen-bond acceptors (Lipinski definition) is 4. The summed E-state index contributed by atoms with van der Waals surface area (Å²) < 4.78 is 29.0. The van der Waals surface area contributed by atoms with Gasteiger partial charge in [0.25, 0.3) is 0 Å². The van der Waals surface area contributed by atoms with E-state index < -0.39 is 5.82 Å². The number of amides is 1. The number of nitrogens with zero attached hydrogens (tertiary/aromatic N) is 5. The first-order chi connectivity index (χ1) is 15.4. The highest BCUT2D eigenvalue weighted by Crippen LogP contribution is 2.42. The first-order valence-corrected chi connectivity index (χ1v) is 11.0. The van der Waals surface area contributed by atoms with Crippen LogP contribution in [0.3, 0.4) is 0 Å². The van der Waals surface area contributed by atoms with E-state index in [1.807, 2.05) is 0 Å². The lowest BCUT2D eigenvalue weighted by molar-refractivity contribution is -0.121. The maximum atomic E-state index is 14.1. The smallest absolute Gasteiger partial charge is 0.245 e. The fourth-order valence-corrected chi connectivity index (χ4v) is 4.93. The second-order valence-corrected chi connectivity index (χ2v) is 8.77. The predicted octanol–water partition coefficient (Wildman–Crippen LogP) is 4.76. The third kappa shape index (κ3) is 3.72. The second-order valence-electron chi connectivity index (χ2n) is 8.36. The van der Waals surface area contributed by atoms with Crippen molar-refractivity contribution in [3.8, 4) is 5.69 Å². The summed E-state index contributed by atoms with van der Waals surface area (Å²) in [5, 5.41) is 4.59. The van der Waals surface area contributed by atoms with Crippen LogP contribution in [0.2, 0.25) is 5.02 Å². The minimum Gasteiger partial charge on any atom is -0.339 e. The number of halogens is 3. The van der Waals surface area contributed by atoms with Crippen LogP contribution in [0.4, 0.5) is 20.4 Å². The SMILES string of the molecule is O=C1CCCC2(CCN(c3ncn(-c4ccc(F)cc4)n3)CC2)N1c1ccc(Cl)c(F)c1. The minimum atomic E-state index is -0.523. The molecule has 0 radical (unpaired) electrons. The van der Waals surface area contributed by atoms with E-state index >= 15 is 0 Å². The Bertz CT molecular complexity index is 1140. The van der Waals surface area contributed by atoms with Gasteiger partial charge in [0.05, 0.1) is 16.2 Å². The van der Waals surface area contributed by atoms with Crippen molar-refractivity contribution in [1.29, 1.82) is 0 Å². The van der Waals surface area contributed by atoms with Crippen molar-refractivity contribution in [3.05, 3.63) is 65.4 Å². The van der Waals surface area contributed by atoms with E-state index in [2.05, 4.69) is 15.0 Å². The molecule has 9 heteroatoms. The molecular weight excluding hydrogens is 436 g/mol. The van der Waals surface area contributed by atoms with E-state index in [-0.39, 0.29) is 22.3 Å². The molecule has 2 aliphatic heterocycles. The summed E-state index contributed by atoms with van der Waals surface area (Å²) >= 11 is 5.85. The molecule has 2 fully saturated rings. The van der Waals surface area contributed by atoms with Crippen molar-refractivity contribution >= 4 is 29.1 Å². The molecule has 3 aromatic rings. The molecule has 0 N–H and O–H groups in total. The van der Waals surface area contributed by atoms with Crippen molar-refractivity contribution in [2.24, 2.45) is 0 Å². The summed E-state index contributed by atoms with van der Waals surface area (Å²) in [6, 6.07) is 10.6. The van der Waals surface area contributed by atoms with Gasteiger partial charge in [0.2, 0.25) is 11.9 Å². The largest absolute Gasteiger partial charge is 0.339 e.